The molecule has 0 aliphatic rings. The van der Waals surface area contributed by atoms with Gasteiger partial charge >= 0.3 is 0 Å². The minimum absolute atomic E-state index is 0.114. The Morgan fingerprint density at radius 1 is 1.25 bits per heavy atom. The van der Waals surface area contributed by atoms with Crippen LogP contribution in [-0.4, -0.2) is 26.5 Å². The van der Waals surface area contributed by atoms with E-state index in [0.717, 1.165) is 5.69 Å². The van der Waals surface area contributed by atoms with Gasteiger partial charge < -0.3 is 5.32 Å². The van der Waals surface area contributed by atoms with E-state index >= 15 is 0 Å². The summed E-state index contributed by atoms with van der Waals surface area (Å²) < 4.78 is 26.8. The van der Waals surface area contributed by atoms with Crippen molar-refractivity contribution in [1.82, 2.24) is 9.71 Å². The third-order valence-electron chi connectivity index (χ3n) is 3.28. The van der Waals surface area contributed by atoms with Gasteiger partial charge in [0.15, 0.2) is 0 Å². The van der Waals surface area contributed by atoms with Crippen molar-refractivity contribution in [2.45, 2.75) is 18.7 Å². The second-order valence-corrected chi connectivity index (χ2v) is 7.37. The second kappa shape index (κ2) is 7.62. The number of hydrogen-bond donors (Lipinski definition) is 2. The molecular formula is C16H17ClN4O2S. The van der Waals surface area contributed by atoms with Gasteiger partial charge in [-0.3, -0.25) is 4.98 Å². The number of aromatic nitrogens is 1. The molecule has 24 heavy (non-hydrogen) atoms. The van der Waals surface area contributed by atoms with Crippen LogP contribution in [0.3, 0.4) is 0 Å². The molecule has 0 saturated heterocycles. The summed E-state index contributed by atoms with van der Waals surface area (Å²) in [4.78, 5) is 4.35. The Kier molecular flexibility index (Phi) is 5.78. The summed E-state index contributed by atoms with van der Waals surface area (Å²) in [7, 11) is -3.62. The van der Waals surface area contributed by atoms with Gasteiger partial charge in [-0.15, -0.1) is 0 Å². The number of sulfonamides is 1. The Labute approximate surface area is 146 Å². The zero-order valence-corrected chi connectivity index (χ0v) is 14.9. The number of benzene rings is 1. The molecule has 6 nitrogen and oxygen atoms in total. The molecule has 0 radical (unpaired) electrons. The van der Waals surface area contributed by atoms with Crippen LogP contribution in [0.5, 0.6) is 0 Å². The highest BCUT2D eigenvalue weighted by Gasteiger charge is 2.13. The van der Waals surface area contributed by atoms with Crippen molar-refractivity contribution in [3.63, 3.8) is 0 Å². The molecule has 0 aliphatic heterocycles. The number of nitrogens with one attached hydrogen (secondary N) is 2. The third-order valence-corrected chi connectivity index (χ3v) is 4.97. The fourth-order valence-corrected chi connectivity index (χ4v) is 3.54. The first-order chi connectivity index (χ1) is 11.3. The number of halogens is 1. The number of rotatable bonds is 6. The number of aryl methyl sites for hydroxylation is 2. The van der Waals surface area contributed by atoms with E-state index in [1.54, 1.807) is 25.1 Å². The number of pyridine rings is 1. The monoisotopic (exact) mass is 364 g/mol. The summed E-state index contributed by atoms with van der Waals surface area (Å²) in [6.45, 7) is 4.09. The summed E-state index contributed by atoms with van der Waals surface area (Å²) >= 11 is 5.81. The molecule has 0 bridgehead atoms. The first-order valence-electron chi connectivity index (χ1n) is 7.21. The fourth-order valence-electron chi connectivity index (χ4n) is 2.21. The first-order valence-corrected chi connectivity index (χ1v) is 9.07. The zero-order valence-electron chi connectivity index (χ0n) is 13.3. The Morgan fingerprint density at radius 2 is 2.00 bits per heavy atom. The minimum atomic E-state index is -3.62. The molecule has 126 valence electrons. The lowest BCUT2D eigenvalue weighted by molar-refractivity contribution is 0.583. The van der Waals surface area contributed by atoms with E-state index in [1.807, 2.05) is 6.92 Å². The van der Waals surface area contributed by atoms with Crippen LogP contribution in [0.2, 0.25) is 5.02 Å². The van der Waals surface area contributed by atoms with Gasteiger partial charge in [-0.25, -0.2) is 13.1 Å². The quantitative estimate of drug-likeness (QED) is 0.768. The van der Waals surface area contributed by atoms with Crippen LogP contribution in [0.15, 0.2) is 35.2 Å². The van der Waals surface area contributed by atoms with Crippen LogP contribution in [0.1, 0.15) is 17.0 Å². The molecule has 0 fully saturated rings. The van der Waals surface area contributed by atoms with Crippen molar-refractivity contribution in [3.05, 3.63) is 52.3 Å². The predicted molar refractivity (Wildman–Crippen MR) is 93.6 cm³/mol. The lowest BCUT2D eigenvalue weighted by Crippen LogP contribution is -2.29. The third kappa shape index (κ3) is 4.45. The van der Waals surface area contributed by atoms with Crippen LogP contribution in [0.4, 0.5) is 5.69 Å². The first kappa shape index (κ1) is 18.2. The highest BCUT2D eigenvalue weighted by atomic mass is 35.5. The van der Waals surface area contributed by atoms with Gasteiger partial charge in [0.1, 0.15) is 6.07 Å². The van der Waals surface area contributed by atoms with E-state index in [4.69, 9.17) is 11.6 Å². The number of nitriles is 1. The molecular weight excluding hydrogens is 348 g/mol. The normalized spacial score (nSPS) is 11.1. The SMILES string of the molecule is Cc1cc(NCCNS(=O)(=O)c2cccc(Cl)c2)c(C#N)c(C)n1. The van der Waals surface area contributed by atoms with Crippen molar-refractivity contribution in [2.75, 3.05) is 18.4 Å². The van der Waals surface area contributed by atoms with Gasteiger partial charge in [-0.1, -0.05) is 17.7 Å². The van der Waals surface area contributed by atoms with Gasteiger partial charge in [0, 0.05) is 23.8 Å². The largest absolute Gasteiger partial charge is 0.383 e. The van der Waals surface area contributed by atoms with Crippen LogP contribution >= 0.6 is 11.6 Å². The van der Waals surface area contributed by atoms with Gasteiger partial charge in [0.2, 0.25) is 10.0 Å². The zero-order chi connectivity index (χ0) is 17.7. The number of hydrogen-bond acceptors (Lipinski definition) is 5. The van der Waals surface area contributed by atoms with Crippen molar-refractivity contribution in [1.29, 1.82) is 5.26 Å². The molecule has 1 aromatic heterocycles. The topological polar surface area (TPSA) is 94.9 Å². The van der Waals surface area contributed by atoms with E-state index in [1.165, 1.54) is 12.1 Å². The van der Waals surface area contributed by atoms with Gasteiger partial charge in [0.25, 0.3) is 0 Å². The van der Waals surface area contributed by atoms with Gasteiger partial charge in [-0.2, -0.15) is 5.26 Å². The van der Waals surface area contributed by atoms with Crippen molar-refractivity contribution in [2.24, 2.45) is 0 Å². The smallest absolute Gasteiger partial charge is 0.240 e. The van der Waals surface area contributed by atoms with Gasteiger partial charge in [-0.05, 0) is 38.1 Å². The summed E-state index contributed by atoms with van der Waals surface area (Å²) in [5.74, 6) is 0. The average Bonchev–Trinajstić information content (AvgIpc) is 2.51. The average molecular weight is 365 g/mol. The fraction of sp³-hybridized carbons (Fsp3) is 0.250. The molecule has 8 heteroatoms. The van der Waals surface area contributed by atoms with Crippen LogP contribution in [0, 0.1) is 25.2 Å². The van der Waals surface area contributed by atoms with E-state index in [0.29, 0.717) is 28.5 Å². The molecule has 0 amide bonds. The molecule has 2 aromatic rings. The van der Waals surface area contributed by atoms with E-state index in [-0.39, 0.29) is 11.4 Å². The standard InChI is InChI=1S/C16H17ClN4O2S/c1-11-8-16(15(10-18)12(2)21-11)19-6-7-20-24(22,23)14-5-3-4-13(17)9-14/h3-5,8-9,20H,6-7H2,1-2H3,(H,19,21). The molecule has 0 atom stereocenters. The Morgan fingerprint density at radius 3 is 2.67 bits per heavy atom. The van der Waals surface area contributed by atoms with Gasteiger partial charge in [0.05, 0.1) is 21.8 Å². The second-order valence-electron chi connectivity index (χ2n) is 5.17. The molecule has 0 saturated carbocycles. The molecule has 1 aromatic carbocycles. The maximum absolute atomic E-state index is 12.2. The Balaban J connectivity index is 2.00. The Hall–Kier alpha value is -2.14. The van der Waals surface area contributed by atoms with E-state index in [9.17, 15) is 13.7 Å². The molecule has 1 heterocycles. The maximum Gasteiger partial charge on any atom is 0.240 e. The maximum atomic E-state index is 12.2. The summed E-state index contributed by atoms with van der Waals surface area (Å²) in [5, 5.41) is 12.6. The van der Waals surface area contributed by atoms with Crippen LogP contribution < -0.4 is 10.0 Å². The van der Waals surface area contributed by atoms with Crippen molar-refractivity contribution >= 4 is 27.3 Å². The Bertz CT molecular complexity index is 891. The minimum Gasteiger partial charge on any atom is -0.383 e. The summed E-state index contributed by atoms with van der Waals surface area (Å²) in [6.07, 6.45) is 0. The highest BCUT2D eigenvalue weighted by molar-refractivity contribution is 7.89. The molecule has 2 rings (SSSR count). The lowest BCUT2D eigenvalue weighted by atomic mass is 10.1. The van der Waals surface area contributed by atoms with E-state index < -0.39 is 10.0 Å². The summed E-state index contributed by atoms with van der Waals surface area (Å²) in [5.41, 5.74) is 2.52. The van der Waals surface area contributed by atoms with Crippen LogP contribution in [0.25, 0.3) is 0 Å². The van der Waals surface area contributed by atoms with Crippen molar-refractivity contribution < 1.29 is 8.42 Å². The molecule has 0 unspecified atom stereocenters. The number of nitrogens with zero attached hydrogens (tertiary/aromatic N) is 2. The molecule has 2 N–H and O–H groups in total. The summed E-state index contributed by atoms with van der Waals surface area (Å²) in [6, 6.07) is 9.92. The lowest BCUT2D eigenvalue weighted by Gasteiger charge is -2.12. The molecule has 0 spiro atoms. The van der Waals surface area contributed by atoms with Crippen LogP contribution in [-0.2, 0) is 10.0 Å². The molecule has 0 aliphatic carbocycles. The highest BCUT2D eigenvalue weighted by Crippen LogP contribution is 2.18. The predicted octanol–water partition coefficient (Wildman–Crippen LogP) is 2.61. The van der Waals surface area contributed by atoms with E-state index in [2.05, 4.69) is 21.1 Å². The number of anilines is 1. The van der Waals surface area contributed by atoms with Crippen molar-refractivity contribution in [3.8, 4) is 6.07 Å².